The van der Waals surface area contributed by atoms with Crippen LogP contribution >= 0.6 is 35.0 Å². The summed E-state index contributed by atoms with van der Waals surface area (Å²) in [6.07, 6.45) is 4.72. The van der Waals surface area contributed by atoms with Crippen molar-refractivity contribution < 1.29 is 9.59 Å². The fourth-order valence-corrected chi connectivity index (χ4v) is 6.08. The molecule has 1 atom stereocenters. The molecule has 38 heavy (non-hydrogen) atoms. The van der Waals surface area contributed by atoms with Gasteiger partial charge in [-0.2, -0.15) is 0 Å². The molecule has 1 fully saturated rings. The highest BCUT2D eigenvalue weighted by Gasteiger charge is 2.32. The van der Waals surface area contributed by atoms with E-state index in [9.17, 15) is 9.59 Å². The second-order valence-electron chi connectivity index (χ2n) is 9.95. The van der Waals surface area contributed by atoms with Crippen LogP contribution in [0, 0.1) is 6.92 Å². The van der Waals surface area contributed by atoms with Crippen LogP contribution in [0.1, 0.15) is 47.9 Å². The Labute approximate surface area is 240 Å². The number of benzene rings is 3. The molecule has 4 rings (SSSR count). The van der Waals surface area contributed by atoms with E-state index in [0.29, 0.717) is 28.8 Å². The Hall–Kier alpha value is -2.47. The Morgan fingerprint density at radius 2 is 1.66 bits per heavy atom. The van der Waals surface area contributed by atoms with Gasteiger partial charge in [0.1, 0.15) is 6.04 Å². The number of nitrogens with one attached hydrogen (secondary N) is 1. The van der Waals surface area contributed by atoms with Gasteiger partial charge in [0.25, 0.3) is 0 Å². The first-order chi connectivity index (χ1) is 18.4. The predicted octanol–water partition coefficient (Wildman–Crippen LogP) is 7.23. The summed E-state index contributed by atoms with van der Waals surface area (Å²) in [5, 5.41) is 4.27. The van der Waals surface area contributed by atoms with Crippen molar-refractivity contribution in [3.05, 3.63) is 105 Å². The molecule has 7 heteroatoms. The van der Waals surface area contributed by atoms with Crippen LogP contribution in [-0.4, -0.2) is 34.6 Å². The lowest BCUT2D eigenvalue weighted by molar-refractivity contribution is -0.139. The molecule has 1 aliphatic carbocycles. The van der Waals surface area contributed by atoms with Crippen molar-refractivity contribution in [1.82, 2.24) is 10.2 Å². The molecular formula is C31H34Cl2N2O2S. The number of rotatable bonds is 11. The van der Waals surface area contributed by atoms with Crippen LogP contribution in [0.4, 0.5) is 0 Å². The molecule has 0 spiro atoms. The molecule has 4 nitrogen and oxygen atoms in total. The Morgan fingerprint density at radius 1 is 0.921 bits per heavy atom. The van der Waals surface area contributed by atoms with E-state index in [1.165, 1.54) is 11.8 Å². The SMILES string of the molecule is Cc1cccc(CN(C(=O)CSCc2ccc(Cl)c(Cl)c2)[C@H](Cc2ccccc2)C(=O)NC2CCCC2)c1. The summed E-state index contributed by atoms with van der Waals surface area (Å²) < 4.78 is 0. The number of nitrogens with zero attached hydrogens (tertiary/aromatic N) is 1. The lowest BCUT2D eigenvalue weighted by Crippen LogP contribution is -2.52. The summed E-state index contributed by atoms with van der Waals surface area (Å²) in [5.74, 6) is 0.752. The quantitative estimate of drug-likeness (QED) is 0.265. The summed E-state index contributed by atoms with van der Waals surface area (Å²) in [6.45, 7) is 2.42. The van der Waals surface area contributed by atoms with Crippen molar-refractivity contribution >= 4 is 46.8 Å². The summed E-state index contributed by atoms with van der Waals surface area (Å²) in [5.41, 5.74) is 4.17. The zero-order chi connectivity index (χ0) is 26.9. The van der Waals surface area contributed by atoms with E-state index in [4.69, 9.17) is 23.2 Å². The largest absolute Gasteiger partial charge is 0.352 e. The second-order valence-corrected chi connectivity index (χ2v) is 11.7. The average Bonchev–Trinajstić information content (AvgIpc) is 3.42. The number of aryl methyl sites for hydroxylation is 1. The van der Waals surface area contributed by atoms with Gasteiger partial charge < -0.3 is 10.2 Å². The molecule has 1 aliphatic rings. The number of carbonyl (C=O) groups excluding carboxylic acids is 2. The van der Waals surface area contributed by atoms with Gasteiger partial charge in [-0.15, -0.1) is 11.8 Å². The van der Waals surface area contributed by atoms with Crippen molar-refractivity contribution in [2.24, 2.45) is 0 Å². The lowest BCUT2D eigenvalue weighted by Gasteiger charge is -2.32. The Balaban J connectivity index is 1.56. The maximum absolute atomic E-state index is 13.8. The van der Waals surface area contributed by atoms with Crippen molar-refractivity contribution in [2.75, 3.05) is 5.75 Å². The Bertz CT molecular complexity index is 1230. The maximum Gasteiger partial charge on any atom is 0.243 e. The molecule has 0 unspecified atom stereocenters. The fourth-order valence-electron chi connectivity index (χ4n) is 4.90. The minimum atomic E-state index is -0.600. The Morgan fingerprint density at radius 3 is 2.37 bits per heavy atom. The molecule has 3 aromatic rings. The van der Waals surface area contributed by atoms with Gasteiger partial charge in [-0.25, -0.2) is 0 Å². The minimum absolute atomic E-state index is 0.0564. The normalized spacial score (nSPS) is 14.3. The summed E-state index contributed by atoms with van der Waals surface area (Å²) in [7, 11) is 0. The van der Waals surface area contributed by atoms with E-state index in [2.05, 4.69) is 11.4 Å². The van der Waals surface area contributed by atoms with Gasteiger partial charge in [0.05, 0.1) is 15.8 Å². The summed E-state index contributed by atoms with van der Waals surface area (Å²) in [6, 6.07) is 23.2. The maximum atomic E-state index is 13.8. The molecule has 1 N–H and O–H groups in total. The van der Waals surface area contributed by atoms with Crippen molar-refractivity contribution in [2.45, 2.75) is 63.4 Å². The van der Waals surface area contributed by atoms with Gasteiger partial charge in [-0.3, -0.25) is 9.59 Å². The van der Waals surface area contributed by atoms with E-state index in [1.54, 1.807) is 11.0 Å². The Kier molecular flexibility index (Phi) is 10.6. The van der Waals surface area contributed by atoms with Gasteiger partial charge >= 0.3 is 0 Å². The van der Waals surface area contributed by atoms with E-state index in [1.807, 2.05) is 67.6 Å². The third-order valence-electron chi connectivity index (χ3n) is 6.89. The van der Waals surface area contributed by atoms with E-state index in [0.717, 1.165) is 47.9 Å². The van der Waals surface area contributed by atoms with Crippen molar-refractivity contribution in [3.8, 4) is 0 Å². The van der Waals surface area contributed by atoms with Gasteiger partial charge in [0.2, 0.25) is 11.8 Å². The fraction of sp³-hybridized carbons (Fsp3) is 0.355. The van der Waals surface area contributed by atoms with Crippen molar-refractivity contribution in [3.63, 3.8) is 0 Å². The highest BCUT2D eigenvalue weighted by Crippen LogP contribution is 2.25. The zero-order valence-corrected chi connectivity index (χ0v) is 24.0. The van der Waals surface area contributed by atoms with E-state index < -0.39 is 6.04 Å². The molecule has 2 amide bonds. The first-order valence-electron chi connectivity index (χ1n) is 13.1. The highest BCUT2D eigenvalue weighted by molar-refractivity contribution is 7.99. The third kappa shape index (κ3) is 8.26. The summed E-state index contributed by atoms with van der Waals surface area (Å²) in [4.78, 5) is 29.3. The molecule has 0 aromatic heterocycles. The standard InChI is InChI=1S/C31H34Cl2N2O2S/c1-22-8-7-11-24(16-22)19-35(30(36)21-38-20-25-14-15-27(32)28(33)17-25)29(18-23-9-3-2-4-10-23)31(37)34-26-12-5-6-13-26/h2-4,7-11,14-17,26,29H,5-6,12-13,18-21H2,1H3,(H,34,37)/t29-/m1/s1. The molecular weight excluding hydrogens is 535 g/mol. The predicted molar refractivity (Wildman–Crippen MR) is 159 cm³/mol. The van der Waals surface area contributed by atoms with Crippen LogP contribution in [0.2, 0.25) is 10.0 Å². The van der Waals surface area contributed by atoms with Crippen LogP contribution in [-0.2, 0) is 28.3 Å². The monoisotopic (exact) mass is 568 g/mol. The third-order valence-corrected chi connectivity index (χ3v) is 8.61. The number of amides is 2. The molecule has 0 saturated heterocycles. The first kappa shape index (κ1) is 28.5. The molecule has 200 valence electrons. The molecule has 3 aromatic carbocycles. The average molecular weight is 570 g/mol. The molecule has 0 heterocycles. The second kappa shape index (κ2) is 14.1. The molecule has 0 bridgehead atoms. The van der Waals surface area contributed by atoms with Gasteiger partial charge in [0.15, 0.2) is 0 Å². The highest BCUT2D eigenvalue weighted by atomic mass is 35.5. The molecule has 0 aliphatic heterocycles. The van der Waals surface area contributed by atoms with Crippen LogP contribution in [0.3, 0.4) is 0 Å². The van der Waals surface area contributed by atoms with Crippen molar-refractivity contribution in [1.29, 1.82) is 0 Å². The van der Waals surface area contributed by atoms with Crippen LogP contribution in [0.15, 0.2) is 72.8 Å². The van der Waals surface area contributed by atoms with Crippen LogP contribution in [0.5, 0.6) is 0 Å². The number of thioether (sulfide) groups is 1. The number of carbonyl (C=O) groups is 2. The van der Waals surface area contributed by atoms with Crippen LogP contribution < -0.4 is 5.32 Å². The van der Waals surface area contributed by atoms with E-state index >= 15 is 0 Å². The molecule has 0 radical (unpaired) electrons. The molecule has 1 saturated carbocycles. The topological polar surface area (TPSA) is 49.4 Å². The zero-order valence-electron chi connectivity index (χ0n) is 21.7. The number of hydrogen-bond acceptors (Lipinski definition) is 3. The van der Waals surface area contributed by atoms with Gasteiger partial charge in [-0.05, 0) is 48.6 Å². The first-order valence-corrected chi connectivity index (χ1v) is 15.0. The smallest absolute Gasteiger partial charge is 0.243 e. The lowest BCUT2D eigenvalue weighted by atomic mass is 10.0. The van der Waals surface area contributed by atoms with E-state index in [-0.39, 0.29) is 23.6 Å². The van der Waals surface area contributed by atoms with Gasteiger partial charge in [0, 0.05) is 24.8 Å². The van der Waals surface area contributed by atoms with Crippen LogP contribution in [0.25, 0.3) is 0 Å². The number of hydrogen-bond donors (Lipinski definition) is 1. The number of halogens is 2. The minimum Gasteiger partial charge on any atom is -0.352 e. The van der Waals surface area contributed by atoms with Gasteiger partial charge in [-0.1, -0.05) is 102 Å². The summed E-state index contributed by atoms with van der Waals surface area (Å²) >= 11 is 13.7.